The van der Waals surface area contributed by atoms with Gasteiger partial charge in [-0.3, -0.25) is 9.59 Å². The van der Waals surface area contributed by atoms with Gasteiger partial charge in [-0.15, -0.1) is 0 Å². The summed E-state index contributed by atoms with van der Waals surface area (Å²) in [5, 5.41) is 0. The van der Waals surface area contributed by atoms with Gasteiger partial charge in [0.05, 0.1) is 0 Å². The van der Waals surface area contributed by atoms with Crippen molar-refractivity contribution in [2.75, 3.05) is 0 Å². The Morgan fingerprint density at radius 1 is 1.47 bits per heavy atom. The fourth-order valence-corrected chi connectivity index (χ4v) is 1.67. The van der Waals surface area contributed by atoms with E-state index in [2.05, 4.69) is 0 Å². The van der Waals surface area contributed by atoms with Gasteiger partial charge in [-0.2, -0.15) is 0 Å². The quantitative estimate of drug-likeness (QED) is 0.406. The second kappa shape index (κ2) is 4.91. The first-order valence-electron chi connectivity index (χ1n) is 5.18. The van der Waals surface area contributed by atoms with E-state index in [1.54, 1.807) is 6.92 Å². The average Bonchev–Trinajstić information content (AvgIpc) is 2.48. The van der Waals surface area contributed by atoms with E-state index in [-0.39, 0.29) is 11.8 Å². The Balaban J connectivity index is 2.77. The van der Waals surface area contributed by atoms with E-state index in [4.69, 9.17) is 4.74 Å². The van der Waals surface area contributed by atoms with Crippen molar-refractivity contribution in [1.29, 1.82) is 0 Å². The predicted octanol–water partition coefficient (Wildman–Crippen LogP) is 2.52. The molecule has 3 nitrogen and oxygen atoms in total. The molecule has 0 aliphatic heterocycles. The first-order valence-corrected chi connectivity index (χ1v) is 5.18. The molecule has 82 valence electrons. The SMILES string of the molecule is CCCC1=CC/C(=C(/C)OC(C)=O)C1=O. The number of esters is 1. The Labute approximate surface area is 89.8 Å². The predicted molar refractivity (Wildman–Crippen MR) is 57.1 cm³/mol. The monoisotopic (exact) mass is 208 g/mol. The van der Waals surface area contributed by atoms with Gasteiger partial charge in [-0.1, -0.05) is 19.4 Å². The molecule has 0 aromatic carbocycles. The van der Waals surface area contributed by atoms with Crippen molar-refractivity contribution in [3.05, 3.63) is 23.0 Å². The van der Waals surface area contributed by atoms with Gasteiger partial charge >= 0.3 is 5.97 Å². The topological polar surface area (TPSA) is 43.4 Å². The van der Waals surface area contributed by atoms with Crippen molar-refractivity contribution in [3.63, 3.8) is 0 Å². The summed E-state index contributed by atoms with van der Waals surface area (Å²) in [6.45, 7) is 5.04. The molecule has 0 saturated heterocycles. The Morgan fingerprint density at radius 2 is 2.13 bits per heavy atom. The van der Waals surface area contributed by atoms with Crippen molar-refractivity contribution in [3.8, 4) is 0 Å². The molecule has 0 bridgehead atoms. The summed E-state index contributed by atoms with van der Waals surface area (Å²) in [5.74, 6) is 0.0993. The second-order valence-electron chi connectivity index (χ2n) is 3.64. The van der Waals surface area contributed by atoms with Gasteiger partial charge in [-0.05, 0) is 25.3 Å². The van der Waals surface area contributed by atoms with E-state index in [1.165, 1.54) is 6.92 Å². The Bertz CT molecular complexity index is 348. The minimum absolute atomic E-state index is 0.0376. The standard InChI is InChI=1S/C12H16O3/c1-4-5-10-6-7-11(12(10)14)8(2)15-9(3)13/h6H,4-5,7H2,1-3H3/b11-8+. The molecule has 0 aromatic heterocycles. The lowest BCUT2D eigenvalue weighted by molar-refractivity contribution is -0.136. The first kappa shape index (κ1) is 11.7. The maximum atomic E-state index is 11.8. The van der Waals surface area contributed by atoms with Crippen LogP contribution in [-0.2, 0) is 14.3 Å². The third-order valence-electron chi connectivity index (χ3n) is 2.36. The fraction of sp³-hybridized carbons (Fsp3) is 0.500. The van der Waals surface area contributed by atoms with Gasteiger partial charge in [0.25, 0.3) is 0 Å². The second-order valence-corrected chi connectivity index (χ2v) is 3.64. The zero-order valence-corrected chi connectivity index (χ0v) is 9.42. The van der Waals surface area contributed by atoms with E-state index in [9.17, 15) is 9.59 Å². The summed E-state index contributed by atoms with van der Waals surface area (Å²) in [7, 11) is 0. The summed E-state index contributed by atoms with van der Waals surface area (Å²) < 4.78 is 4.92. The highest BCUT2D eigenvalue weighted by Crippen LogP contribution is 2.26. The highest BCUT2D eigenvalue weighted by atomic mass is 16.5. The van der Waals surface area contributed by atoms with Crippen LogP contribution in [0.25, 0.3) is 0 Å². The van der Waals surface area contributed by atoms with Crippen LogP contribution in [0.4, 0.5) is 0 Å². The Morgan fingerprint density at radius 3 is 2.67 bits per heavy atom. The lowest BCUT2D eigenvalue weighted by Gasteiger charge is -2.05. The molecule has 0 heterocycles. The van der Waals surface area contributed by atoms with Crippen LogP contribution < -0.4 is 0 Å². The molecular weight excluding hydrogens is 192 g/mol. The molecule has 0 spiro atoms. The maximum absolute atomic E-state index is 11.8. The number of hydrogen-bond acceptors (Lipinski definition) is 3. The minimum Gasteiger partial charge on any atom is -0.431 e. The first-order chi connectivity index (χ1) is 7.06. The number of carbonyl (C=O) groups is 2. The van der Waals surface area contributed by atoms with Gasteiger partial charge in [0.15, 0.2) is 5.78 Å². The third-order valence-corrected chi connectivity index (χ3v) is 2.36. The molecule has 0 radical (unpaired) electrons. The number of Topliss-reactive ketones (excluding diaryl/α,β-unsaturated/α-hetero) is 1. The highest BCUT2D eigenvalue weighted by Gasteiger charge is 2.23. The summed E-state index contributed by atoms with van der Waals surface area (Å²) >= 11 is 0. The van der Waals surface area contributed by atoms with Crippen molar-refractivity contribution in [2.45, 2.75) is 40.0 Å². The molecule has 0 N–H and O–H groups in total. The number of ether oxygens (including phenoxy) is 1. The zero-order chi connectivity index (χ0) is 11.4. The van der Waals surface area contributed by atoms with Gasteiger partial charge < -0.3 is 4.74 Å². The van der Waals surface area contributed by atoms with Crippen LogP contribution in [-0.4, -0.2) is 11.8 Å². The van der Waals surface area contributed by atoms with Gasteiger partial charge in [0, 0.05) is 12.5 Å². The van der Waals surface area contributed by atoms with Crippen LogP contribution in [0.3, 0.4) is 0 Å². The Hall–Kier alpha value is -1.38. The van der Waals surface area contributed by atoms with E-state index < -0.39 is 0 Å². The van der Waals surface area contributed by atoms with Crippen LogP contribution in [0.5, 0.6) is 0 Å². The van der Waals surface area contributed by atoms with Gasteiger partial charge in [0.2, 0.25) is 0 Å². The maximum Gasteiger partial charge on any atom is 0.307 e. The van der Waals surface area contributed by atoms with E-state index in [1.807, 2.05) is 13.0 Å². The molecule has 3 heteroatoms. The number of allylic oxidation sites excluding steroid dienone is 4. The summed E-state index contributed by atoms with van der Waals surface area (Å²) in [6, 6.07) is 0. The third kappa shape index (κ3) is 2.78. The number of hydrogen-bond donors (Lipinski definition) is 0. The lowest BCUT2D eigenvalue weighted by atomic mass is 10.1. The normalized spacial score (nSPS) is 18.9. The van der Waals surface area contributed by atoms with E-state index in [0.29, 0.717) is 17.8 Å². The van der Waals surface area contributed by atoms with Crippen LogP contribution in [0.2, 0.25) is 0 Å². The molecule has 0 fully saturated rings. The van der Waals surface area contributed by atoms with Crippen LogP contribution in [0.1, 0.15) is 40.0 Å². The van der Waals surface area contributed by atoms with Crippen molar-refractivity contribution in [2.24, 2.45) is 0 Å². The fourth-order valence-electron chi connectivity index (χ4n) is 1.67. The van der Waals surface area contributed by atoms with Crippen molar-refractivity contribution >= 4 is 11.8 Å². The zero-order valence-electron chi connectivity index (χ0n) is 9.42. The molecule has 1 aliphatic carbocycles. The van der Waals surface area contributed by atoms with E-state index in [0.717, 1.165) is 18.4 Å². The molecule has 0 unspecified atom stereocenters. The lowest BCUT2D eigenvalue weighted by Crippen LogP contribution is -2.05. The molecule has 1 rings (SSSR count). The number of rotatable bonds is 3. The summed E-state index contributed by atoms with van der Waals surface area (Å²) in [4.78, 5) is 22.5. The molecule has 0 atom stereocenters. The number of ketones is 1. The molecule has 15 heavy (non-hydrogen) atoms. The van der Waals surface area contributed by atoms with Crippen LogP contribution >= 0.6 is 0 Å². The van der Waals surface area contributed by atoms with Gasteiger partial charge in [0.1, 0.15) is 5.76 Å². The largest absolute Gasteiger partial charge is 0.431 e. The van der Waals surface area contributed by atoms with Crippen LogP contribution in [0.15, 0.2) is 23.0 Å². The van der Waals surface area contributed by atoms with E-state index >= 15 is 0 Å². The molecule has 0 saturated carbocycles. The smallest absolute Gasteiger partial charge is 0.307 e. The van der Waals surface area contributed by atoms with Crippen LogP contribution in [0, 0.1) is 0 Å². The van der Waals surface area contributed by atoms with Crippen molar-refractivity contribution in [1.82, 2.24) is 0 Å². The summed E-state index contributed by atoms with van der Waals surface area (Å²) in [5.41, 5.74) is 1.47. The molecule has 0 amide bonds. The Kier molecular flexibility index (Phi) is 3.83. The molecule has 1 aliphatic rings. The minimum atomic E-state index is -0.378. The highest BCUT2D eigenvalue weighted by molar-refractivity contribution is 6.11. The van der Waals surface area contributed by atoms with Gasteiger partial charge in [-0.25, -0.2) is 0 Å². The molecule has 0 aromatic rings. The molecular formula is C12H16O3. The number of carbonyl (C=O) groups excluding carboxylic acids is 2. The van der Waals surface area contributed by atoms with Crippen molar-refractivity contribution < 1.29 is 14.3 Å². The summed E-state index contributed by atoms with van der Waals surface area (Å²) in [6.07, 6.45) is 4.27. The average molecular weight is 208 g/mol.